The van der Waals surface area contributed by atoms with Crippen molar-refractivity contribution in [3.8, 4) is 11.5 Å². The van der Waals surface area contributed by atoms with Gasteiger partial charge in [-0.05, 0) is 19.0 Å². The summed E-state index contributed by atoms with van der Waals surface area (Å²) in [6, 6.07) is 6.43. The Morgan fingerprint density at radius 1 is 1.41 bits per heavy atom. The second-order valence-corrected chi connectivity index (χ2v) is 4.88. The van der Waals surface area contributed by atoms with Crippen LogP contribution in [0.2, 0.25) is 0 Å². The summed E-state index contributed by atoms with van der Waals surface area (Å²) in [7, 11) is 3.68. The van der Waals surface area contributed by atoms with Gasteiger partial charge in [0.15, 0.2) is 0 Å². The van der Waals surface area contributed by atoms with Gasteiger partial charge in [0, 0.05) is 24.1 Å². The molecule has 17 heavy (non-hydrogen) atoms. The van der Waals surface area contributed by atoms with Crippen LogP contribution in [0.15, 0.2) is 18.2 Å². The molecule has 0 spiro atoms. The maximum atomic E-state index is 6.05. The highest BCUT2D eigenvalue weighted by atomic mass is 16.5. The summed E-state index contributed by atoms with van der Waals surface area (Å²) >= 11 is 0. The normalized spacial score (nSPS) is 23.1. The summed E-state index contributed by atoms with van der Waals surface area (Å²) < 4.78 is 11.3. The van der Waals surface area contributed by atoms with Crippen molar-refractivity contribution in [2.45, 2.75) is 32.4 Å². The predicted octanol–water partition coefficient (Wildman–Crippen LogP) is 2.76. The second-order valence-electron chi connectivity index (χ2n) is 4.88. The molecular weight excluding hydrogens is 214 g/mol. The lowest BCUT2D eigenvalue weighted by Gasteiger charge is -2.34. The minimum Gasteiger partial charge on any atom is -0.497 e. The first kappa shape index (κ1) is 12.2. The number of hydrogen-bond donors (Lipinski definition) is 1. The Morgan fingerprint density at radius 3 is 2.76 bits per heavy atom. The van der Waals surface area contributed by atoms with E-state index in [1.165, 1.54) is 5.56 Å². The first-order valence-electron chi connectivity index (χ1n) is 6.17. The highest BCUT2D eigenvalue weighted by Crippen LogP contribution is 2.38. The van der Waals surface area contributed by atoms with E-state index in [4.69, 9.17) is 9.47 Å². The number of rotatable bonds is 3. The van der Waals surface area contributed by atoms with E-state index >= 15 is 0 Å². The molecule has 2 rings (SSSR count). The average molecular weight is 235 g/mol. The molecule has 0 fully saturated rings. The van der Waals surface area contributed by atoms with E-state index in [0.29, 0.717) is 12.0 Å². The number of ether oxygens (including phenoxy) is 2. The first-order chi connectivity index (χ1) is 8.15. The SMILES string of the molecule is CNC1CC(C(C)C)Oc2cc(OC)ccc21. The Hall–Kier alpha value is -1.22. The highest BCUT2D eigenvalue weighted by molar-refractivity contribution is 5.44. The van der Waals surface area contributed by atoms with Crippen LogP contribution in [-0.4, -0.2) is 20.3 Å². The molecule has 3 heteroatoms. The molecule has 1 N–H and O–H groups in total. The third-order valence-corrected chi connectivity index (χ3v) is 3.43. The van der Waals surface area contributed by atoms with Crippen LogP contribution in [0.5, 0.6) is 11.5 Å². The lowest BCUT2D eigenvalue weighted by atomic mass is 9.91. The Morgan fingerprint density at radius 2 is 2.18 bits per heavy atom. The van der Waals surface area contributed by atoms with Crippen LogP contribution < -0.4 is 14.8 Å². The fourth-order valence-electron chi connectivity index (χ4n) is 2.28. The fraction of sp³-hybridized carbons (Fsp3) is 0.571. The fourth-order valence-corrected chi connectivity index (χ4v) is 2.28. The van der Waals surface area contributed by atoms with Crippen LogP contribution in [0, 0.1) is 5.92 Å². The van der Waals surface area contributed by atoms with E-state index in [0.717, 1.165) is 17.9 Å². The van der Waals surface area contributed by atoms with E-state index in [1.54, 1.807) is 7.11 Å². The van der Waals surface area contributed by atoms with Gasteiger partial charge in [-0.25, -0.2) is 0 Å². The molecule has 0 radical (unpaired) electrons. The Kier molecular flexibility index (Phi) is 3.57. The van der Waals surface area contributed by atoms with Gasteiger partial charge in [0.2, 0.25) is 0 Å². The largest absolute Gasteiger partial charge is 0.497 e. The zero-order valence-electron chi connectivity index (χ0n) is 11.0. The smallest absolute Gasteiger partial charge is 0.128 e. The van der Waals surface area contributed by atoms with Crippen LogP contribution in [-0.2, 0) is 0 Å². The molecule has 2 atom stereocenters. The van der Waals surface area contributed by atoms with Crippen LogP contribution in [0.4, 0.5) is 0 Å². The minimum atomic E-state index is 0.270. The summed E-state index contributed by atoms with van der Waals surface area (Å²) in [6.07, 6.45) is 1.29. The van der Waals surface area contributed by atoms with E-state index in [1.807, 2.05) is 19.2 Å². The van der Waals surface area contributed by atoms with Gasteiger partial charge in [-0.1, -0.05) is 19.9 Å². The van der Waals surface area contributed by atoms with E-state index < -0.39 is 0 Å². The number of benzene rings is 1. The summed E-state index contributed by atoms with van der Waals surface area (Å²) in [5.74, 6) is 2.32. The van der Waals surface area contributed by atoms with E-state index in [-0.39, 0.29) is 6.10 Å². The van der Waals surface area contributed by atoms with Gasteiger partial charge in [0.05, 0.1) is 7.11 Å². The van der Waals surface area contributed by atoms with Gasteiger partial charge in [0.1, 0.15) is 17.6 Å². The molecule has 0 amide bonds. The maximum Gasteiger partial charge on any atom is 0.128 e. The second kappa shape index (κ2) is 4.96. The predicted molar refractivity (Wildman–Crippen MR) is 68.7 cm³/mol. The van der Waals surface area contributed by atoms with Crippen molar-refractivity contribution in [3.05, 3.63) is 23.8 Å². The van der Waals surface area contributed by atoms with Crippen molar-refractivity contribution in [2.75, 3.05) is 14.2 Å². The van der Waals surface area contributed by atoms with Gasteiger partial charge in [-0.2, -0.15) is 0 Å². The molecule has 3 nitrogen and oxygen atoms in total. The molecule has 2 unspecified atom stereocenters. The zero-order chi connectivity index (χ0) is 12.4. The number of fused-ring (bicyclic) bond motifs is 1. The summed E-state index contributed by atoms with van der Waals surface area (Å²) in [4.78, 5) is 0. The lowest BCUT2D eigenvalue weighted by Crippen LogP contribution is -2.34. The van der Waals surface area contributed by atoms with Crippen LogP contribution in [0.1, 0.15) is 31.9 Å². The topological polar surface area (TPSA) is 30.5 Å². The molecule has 1 aromatic carbocycles. The molecule has 1 aromatic rings. The van der Waals surface area contributed by atoms with Gasteiger partial charge in [0.25, 0.3) is 0 Å². The Bertz CT molecular complexity index is 390. The molecule has 0 saturated heterocycles. The molecule has 1 aliphatic rings. The molecular formula is C14H21NO2. The van der Waals surface area contributed by atoms with E-state index in [2.05, 4.69) is 25.2 Å². The van der Waals surface area contributed by atoms with Crippen molar-refractivity contribution in [1.82, 2.24) is 5.32 Å². The van der Waals surface area contributed by atoms with Crippen LogP contribution >= 0.6 is 0 Å². The van der Waals surface area contributed by atoms with Crippen molar-refractivity contribution in [1.29, 1.82) is 0 Å². The minimum absolute atomic E-state index is 0.270. The molecule has 1 heterocycles. The lowest BCUT2D eigenvalue weighted by molar-refractivity contribution is 0.109. The zero-order valence-corrected chi connectivity index (χ0v) is 11.0. The molecule has 1 aliphatic heterocycles. The first-order valence-corrected chi connectivity index (χ1v) is 6.17. The molecule has 0 aromatic heterocycles. The maximum absolute atomic E-state index is 6.05. The molecule has 94 valence electrons. The van der Waals surface area contributed by atoms with Crippen molar-refractivity contribution < 1.29 is 9.47 Å². The number of hydrogen-bond acceptors (Lipinski definition) is 3. The van der Waals surface area contributed by atoms with Crippen molar-refractivity contribution in [2.24, 2.45) is 5.92 Å². The highest BCUT2D eigenvalue weighted by Gasteiger charge is 2.29. The van der Waals surface area contributed by atoms with Crippen molar-refractivity contribution >= 4 is 0 Å². The Labute approximate surface area is 103 Å². The van der Waals surface area contributed by atoms with Gasteiger partial charge in [-0.15, -0.1) is 0 Å². The van der Waals surface area contributed by atoms with Gasteiger partial charge < -0.3 is 14.8 Å². The summed E-state index contributed by atoms with van der Waals surface area (Å²) in [6.45, 7) is 4.39. The van der Waals surface area contributed by atoms with Crippen molar-refractivity contribution in [3.63, 3.8) is 0 Å². The third kappa shape index (κ3) is 2.39. The van der Waals surface area contributed by atoms with E-state index in [9.17, 15) is 0 Å². The van der Waals surface area contributed by atoms with Gasteiger partial charge >= 0.3 is 0 Å². The number of nitrogens with one attached hydrogen (secondary N) is 1. The standard InChI is InChI=1S/C14H21NO2/c1-9(2)13-8-12(15-3)11-6-5-10(16-4)7-14(11)17-13/h5-7,9,12-13,15H,8H2,1-4H3. The molecule has 0 saturated carbocycles. The quantitative estimate of drug-likeness (QED) is 0.874. The molecule has 0 bridgehead atoms. The third-order valence-electron chi connectivity index (χ3n) is 3.43. The van der Waals surface area contributed by atoms with Crippen LogP contribution in [0.3, 0.4) is 0 Å². The average Bonchev–Trinajstić information content (AvgIpc) is 2.36. The van der Waals surface area contributed by atoms with Gasteiger partial charge in [-0.3, -0.25) is 0 Å². The summed E-state index contributed by atoms with van der Waals surface area (Å²) in [5, 5.41) is 3.36. The molecule has 0 aliphatic carbocycles. The van der Waals surface area contributed by atoms with Crippen LogP contribution in [0.25, 0.3) is 0 Å². The Balaban J connectivity index is 2.33. The summed E-state index contributed by atoms with van der Waals surface area (Å²) in [5.41, 5.74) is 1.23. The number of methoxy groups -OCH3 is 1. The monoisotopic (exact) mass is 235 g/mol.